The van der Waals surface area contributed by atoms with Crippen molar-refractivity contribution >= 4 is 21.9 Å². The molecule has 0 amide bonds. The van der Waals surface area contributed by atoms with Gasteiger partial charge in [0.25, 0.3) is 0 Å². The van der Waals surface area contributed by atoms with Gasteiger partial charge in [0.15, 0.2) is 0 Å². The van der Waals surface area contributed by atoms with E-state index in [0.29, 0.717) is 0 Å². The smallest absolute Gasteiger partial charge is 0.303 e. The molecule has 0 aliphatic heterocycles. The van der Waals surface area contributed by atoms with Crippen molar-refractivity contribution < 1.29 is 15.0 Å². The number of carboxylic acids is 1. The number of aliphatic hydroxyl groups is 1. The van der Waals surface area contributed by atoms with Gasteiger partial charge in [-0.3, -0.25) is 4.79 Å². The molecule has 4 heteroatoms. The third kappa shape index (κ3) is 11.6. The van der Waals surface area contributed by atoms with Gasteiger partial charge in [-0.2, -0.15) is 0 Å². The molecule has 0 rings (SSSR count). The topological polar surface area (TPSA) is 57.5 Å². The number of hydrogen-bond acceptors (Lipinski definition) is 2. The summed E-state index contributed by atoms with van der Waals surface area (Å²) in [6.07, 6.45) is 7.25. The molecule has 0 fully saturated rings. The Hall–Kier alpha value is -0.350. The van der Waals surface area contributed by atoms with Crippen LogP contribution in [0.4, 0.5) is 0 Å². The second-order valence-corrected chi connectivity index (χ2v) is 4.11. The van der Waals surface area contributed by atoms with Crippen molar-refractivity contribution in [2.45, 2.75) is 51.0 Å². The van der Waals surface area contributed by atoms with E-state index in [0.717, 1.165) is 38.5 Å². The third-order valence-corrected chi connectivity index (χ3v) is 2.49. The van der Waals surface area contributed by atoms with Gasteiger partial charge in [-0.1, -0.05) is 41.6 Å². The van der Waals surface area contributed by atoms with Gasteiger partial charge in [0.2, 0.25) is 0 Å². The number of halogens is 1. The molecule has 0 aliphatic carbocycles. The normalized spacial score (nSPS) is 13.2. The van der Waals surface area contributed by atoms with Crippen molar-refractivity contribution in [2.24, 2.45) is 0 Å². The molecule has 88 valence electrons. The summed E-state index contributed by atoms with van der Waals surface area (Å²) in [7, 11) is 0. The molecule has 0 aromatic carbocycles. The summed E-state index contributed by atoms with van der Waals surface area (Å²) < 4.78 is 0. The third-order valence-electron chi connectivity index (χ3n) is 2.19. The zero-order chi connectivity index (χ0) is 11.5. The molecule has 0 bridgehead atoms. The minimum absolute atomic E-state index is 0.273. The zero-order valence-corrected chi connectivity index (χ0v) is 10.4. The minimum atomic E-state index is -0.715. The Morgan fingerprint density at radius 3 is 2.40 bits per heavy atom. The van der Waals surface area contributed by atoms with E-state index in [2.05, 4.69) is 15.9 Å². The van der Waals surface area contributed by atoms with Crippen LogP contribution in [-0.4, -0.2) is 22.3 Å². The Kier molecular flexibility index (Phi) is 9.94. The van der Waals surface area contributed by atoms with E-state index in [-0.39, 0.29) is 12.5 Å². The molecule has 0 aliphatic rings. The Bertz CT molecular complexity index is 192. The predicted molar refractivity (Wildman–Crippen MR) is 64.0 cm³/mol. The summed E-state index contributed by atoms with van der Waals surface area (Å²) >= 11 is 3.11. The molecule has 0 radical (unpaired) electrons. The fourth-order valence-electron chi connectivity index (χ4n) is 1.34. The molecule has 3 nitrogen and oxygen atoms in total. The molecule has 0 spiro atoms. The minimum Gasteiger partial charge on any atom is -0.481 e. The molecule has 2 N–H and O–H groups in total. The van der Waals surface area contributed by atoms with Gasteiger partial charge < -0.3 is 10.2 Å². The molecule has 0 aromatic heterocycles. The number of rotatable bonds is 9. The Morgan fingerprint density at radius 2 is 1.80 bits per heavy atom. The summed E-state index contributed by atoms with van der Waals surface area (Å²) in [4.78, 5) is 11.9. The number of unbranched alkanes of at least 4 members (excludes halogenated alkanes) is 4. The maximum atomic E-state index is 10.2. The summed E-state index contributed by atoms with van der Waals surface area (Å²) in [5.74, 6) is -0.715. The van der Waals surface area contributed by atoms with Crippen LogP contribution in [-0.2, 0) is 4.79 Å². The lowest BCUT2D eigenvalue weighted by Gasteiger charge is -2.04. The van der Waals surface area contributed by atoms with E-state index >= 15 is 0 Å². The first kappa shape index (κ1) is 14.6. The number of aliphatic hydroxyl groups excluding tert-OH is 1. The highest BCUT2D eigenvalue weighted by atomic mass is 79.9. The fraction of sp³-hybridized carbons (Fsp3) is 0.727. The summed E-state index contributed by atoms with van der Waals surface area (Å²) in [5.41, 5.74) is 0. The van der Waals surface area contributed by atoms with Crippen molar-refractivity contribution in [1.82, 2.24) is 0 Å². The maximum absolute atomic E-state index is 10.2. The lowest BCUT2D eigenvalue weighted by molar-refractivity contribution is -0.137. The Balaban J connectivity index is 3.14. The van der Waals surface area contributed by atoms with Gasteiger partial charge in [0.1, 0.15) is 0 Å². The molecule has 0 saturated carbocycles. The Labute approximate surface area is 99.3 Å². The van der Waals surface area contributed by atoms with Crippen molar-refractivity contribution in [1.29, 1.82) is 0 Å². The van der Waals surface area contributed by atoms with E-state index < -0.39 is 5.97 Å². The average molecular weight is 279 g/mol. The largest absolute Gasteiger partial charge is 0.481 e. The monoisotopic (exact) mass is 278 g/mol. The highest BCUT2D eigenvalue weighted by Crippen LogP contribution is 2.09. The number of hydrogen-bond donors (Lipinski definition) is 2. The van der Waals surface area contributed by atoms with Crippen molar-refractivity contribution in [3.63, 3.8) is 0 Å². The summed E-state index contributed by atoms with van der Waals surface area (Å²) in [6, 6.07) is 0. The summed E-state index contributed by atoms with van der Waals surface area (Å²) in [5, 5.41) is 17.7. The van der Waals surface area contributed by atoms with Crippen molar-refractivity contribution in [3.8, 4) is 0 Å². The quantitative estimate of drug-likeness (QED) is 0.638. The number of aliphatic carboxylic acids is 1. The van der Waals surface area contributed by atoms with Crippen LogP contribution in [0.3, 0.4) is 0 Å². The maximum Gasteiger partial charge on any atom is 0.303 e. The molecule has 0 unspecified atom stereocenters. The second kappa shape index (κ2) is 10.2. The van der Waals surface area contributed by atoms with E-state index in [1.54, 1.807) is 11.1 Å². The van der Waals surface area contributed by atoms with Gasteiger partial charge in [0.05, 0.1) is 6.10 Å². The van der Waals surface area contributed by atoms with E-state index in [9.17, 15) is 9.90 Å². The van der Waals surface area contributed by atoms with Crippen LogP contribution in [0.2, 0.25) is 0 Å². The molecule has 1 atom stereocenters. The van der Waals surface area contributed by atoms with Gasteiger partial charge in [-0.15, -0.1) is 0 Å². The second-order valence-electron chi connectivity index (χ2n) is 3.59. The van der Waals surface area contributed by atoms with Crippen LogP contribution >= 0.6 is 15.9 Å². The summed E-state index contributed by atoms with van der Waals surface area (Å²) in [6.45, 7) is 0. The first-order valence-electron chi connectivity index (χ1n) is 5.33. The van der Waals surface area contributed by atoms with Crippen molar-refractivity contribution in [2.75, 3.05) is 0 Å². The first-order valence-corrected chi connectivity index (χ1v) is 6.25. The standard InChI is InChI=1S/C11H19BrO3/c12-9-8-10(13)6-4-2-1-3-5-7-11(14)15/h8-10,13H,1-7H2,(H,14,15)/b9-8+/t10-/m1/s1. The highest BCUT2D eigenvalue weighted by Gasteiger charge is 1.99. The van der Waals surface area contributed by atoms with E-state index in [1.807, 2.05) is 0 Å². The Morgan fingerprint density at radius 1 is 1.20 bits per heavy atom. The van der Waals surface area contributed by atoms with Crippen LogP contribution in [0.5, 0.6) is 0 Å². The highest BCUT2D eigenvalue weighted by molar-refractivity contribution is 9.11. The molecular formula is C11H19BrO3. The average Bonchev–Trinajstić information content (AvgIpc) is 2.16. The molecular weight excluding hydrogens is 260 g/mol. The fourth-order valence-corrected chi connectivity index (χ4v) is 1.69. The van der Waals surface area contributed by atoms with Crippen LogP contribution in [0.1, 0.15) is 44.9 Å². The van der Waals surface area contributed by atoms with Gasteiger partial charge in [0, 0.05) is 6.42 Å². The van der Waals surface area contributed by atoms with E-state index in [1.165, 1.54) is 0 Å². The first-order chi connectivity index (χ1) is 7.16. The molecule has 15 heavy (non-hydrogen) atoms. The van der Waals surface area contributed by atoms with Gasteiger partial charge in [-0.05, 0) is 23.9 Å². The predicted octanol–water partition coefficient (Wildman–Crippen LogP) is 3.07. The lowest BCUT2D eigenvalue weighted by atomic mass is 10.1. The van der Waals surface area contributed by atoms with Gasteiger partial charge in [-0.25, -0.2) is 0 Å². The van der Waals surface area contributed by atoms with Crippen LogP contribution < -0.4 is 0 Å². The van der Waals surface area contributed by atoms with E-state index in [4.69, 9.17) is 5.11 Å². The SMILES string of the molecule is O=C(O)CCCCCCC[C@@H](O)/C=C/Br. The van der Waals surface area contributed by atoms with Crippen molar-refractivity contribution in [3.05, 3.63) is 11.1 Å². The van der Waals surface area contributed by atoms with Crippen LogP contribution in [0.15, 0.2) is 11.1 Å². The number of carbonyl (C=O) groups is 1. The molecule has 0 saturated heterocycles. The lowest BCUT2D eigenvalue weighted by Crippen LogP contribution is -2.00. The van der Waals surface area contributed by atoms with Gasteiger partial charge >= 0.3 is 5.97 Å². The van der Waals surface area contributed by atoms with Crippen LogP contribution in [0.25, 0.3) is 0 Å². The zero-order valence-electron chi connectivity index (χ0n) is 8.86. The molecule has 0 heterocycles. The number of carboxylic acid groups (broad SMARTS) is 1. The molecule has 0 aromatic rings. The van der Waals surface area contributed by atoms with Crippen LogP contribution in [0, 0.1) is 0 Å².